The van der Waals surface area contributed by atoms with Crippen molar-refractivity contribution in [2.75, 3.05) is 30.9 Å². The number of carbonyl (C=O) groups is 1. The topological polar surface area (TPSA) is 110 Å². The highest BCUT2D eigenvalue weighted by Gasteiger charge is 2.45. The van der Waals surface area contributed by atoms with Crippen LogP contribution in [0.3, 0.4) is 0 Å². The van der Waals surface area contributed by atoms with E-state index in [2.05, 4.69) is 86.3 Å². The fraction of sp³-hybridized carbons (Fsp3) is 0.457. The van der Waals surface area contributed by atoms with Crippen molar-refractivity contribution >= 4 is 44.8 Å². The molecule has 11 heteroatoms. The molecule has 4 aromatic rings. The van der Waals surface area contributed by atoms with Crippen molar-refractivity contribution in [3.8, 4) is 11.5 Å². The molecule has 2 heterocycles. The first-order valence-corrected chi connectivity index (χ1v) is 16.2. The molecule has 0 aliphatic rings. The number of fused-ring (bicyclic) bond motifs is 1. The Hall–Kier alpha value is -3.83. The van der Waals surface area contributed by atoms with Crippen LogP contribution in [0.5, 0.6) is 11.5 Å². The Morgan fingerprint density at radius 1 is 0.957 bits per heavy atom. The third-order valence-corrected chi connectivity index (χ3v) is 8.33. The molecule has 0 fully saturated rings. The summed E-state index contributed by atoms with van der Waals surface area (Å²) in [6, 6.07) is 9.49. The van der Waals surface area contributed by atoms with Crippen LogP contribution in [0, 0.1) is 22.6 Å². The van der Waals surface area contributed by atoms with Crippen molar-refractivity contribution in [3.05, 3.63) is 65.5 Å². The van der Waals surface area contributed by atoms with Crippen LogP contribution in [-0.4, -0.2) is 46.7 Å². The number of nitrogens with zero attached hydrogens (tertiary/aromatic N) is 3. The third kappa shape index (κ3) is 9.13. The highest BCUT2D eigenvalue weighted by atomic mass is 32.1. The number of carbonyl (C=O) groups excluding carboxylic acids is 1. The monoisotopic (exact) mass is 649 g/mol. The summed E-state index contributed by atoms with van der Waals surface area (Å²) in [6.07, 6.45) is 4.03. The van der Waals surface area contributed by atoms with Crippen LogP contribution in [-0.2, 0) is 11.2 Å². The number of hydrogen-bond acceptors (Lipinski definition) is 9. The van der Waals surface area contributed by atoms with Gasteiger partial charge in [-0.15, -0.1) is 11.3 Å². The van der Waals surface area contributed by atoms with Crippen LogP contribution in [0.25, 0.3) is 10.9 Å². The van der Waals surface area contributed by atoms with Crippen molar-refractivity contribution in [1.29, 1.82) is 0 Å². The summed E-state index contributed by atoms with van der Waals surface area (Å²) in [7, 11) is 1.60. The summed E-state index contributed by atoms with van der Waals surface area (Å²) in [4.78, 5) is 26.5. The number of benzene rings is 2. The van der Waals surface area contributed by atoms with Gasteiger partial charge in [0.05, 0.1) is 25.7 Å². The molecule has 0 aliphatic carbocycles. The first-order valence-electron chi connectivity index (χ1n) is 15.4. The lowest BCUT2D eigenvalue weighted by atomic mass is 9.59. The summed E-state index contributed by atoms with van der Waals surface area (Å²) in [6.45, 7) is 19.5. The standard InChI is InChI=1S/C35H46FN6O3S/c1-33(2,3)31(34(4,5)6)35(7,8)40-14-11-15-45-28-19-26-25(18-27(28)44-9)30(39-21-38-26)42-32-37-20-24(46-32)17-29(43)41-23-13-10-12-22(36)16-23/h10,12-13,16,18-21,40H,11,14-15,17H2,1-9H3,(H,41,43)(H,37,38,39,42). The molecule has 0 unspecified atom stereocenters. The van der Waals surface area contributed by atoms with E-state index >= 15 is 0 Å². The van der Waals surface area contributed by atoms with Gasteiger partial charge in [0.2, 0.25) is 5.91 Å². The van der Waals surface area contributed by atoms with E-state index in [-0.39, 0.29) is 28.7 Å². The number of thiazole rings is 1. The van der Waals surface area contributed by atoms with Crippen LogP contribution in [0.2, 0.25) is 0 Å². The second-order valence-electron chi connectivity index (χ2n) is 13.9. The van der Waals surface area contributed by atoms with E-state index in [0.717, 1.165) is 23.2 Å². The fourth-order valence-corrected chi connectivity index (χ4v) is 7.47. The van der Waals surface area contributed by atoms with Crippen LogP contribution in [0.15, 0.2) is 48.9 Å². The maximum absolute atomic E-state index is 13.4. The smallest absolute Gasteiger partial charge is 0.229 e. The number of nitrogens with one attached hydrogen (secondary N) is 3. The van der Waals surface area contributed by atoms with Crippen molar-refractivity contribution in [2.24, 2.45) is 10.8 Å². The predicted octanol–water partition coefficient (Wildman–Crippen LogP) is 7.96. The molecule has 0 atom stereocenters. The number of rotatable bonds is 13. The Labute approximate surface area is 275 Å². The number of aromatic nitrogens is 3. The molecule has 4 rings (SSSR count). The number of hydrogen-bond donors (Lipinski definition) is 3. The zero-order chi connectivity index (χ0) is 33.7. The number of amides is 1. The molecule has 3 N–H and O–H groups in total. The average Bonchev–Trinajstić information content (AvgIpc) is 3.36. The fourth-order valence-electron chi connectivity index (χ4n) is 6.66. The van der Waals surface area contributed by atoms with Crippen LogP contribution < -0.4 is 25.4 Å². The highest BCUT2D eigenvalue weighted by Crippen LogP contribution is 2.48. The largest absolute Gasteiger partial charge is 0.493 e. The van der Waals surface area contributed by atoms with Crippen LogP contribution in [0.4, 0.5) is 21.0 Å². The summed E-state index contributed by atoms with van der Waals surface area (Å²) in [5.74, 6) is 2.54. The lowest BCUT2D eigenvalue weighted by Gasteiger charge is -2.50. The van der Waals surface area contributed by atoms with Gasteiger partial charge in [0.15, 0.2) is 16.6 Å². The van der Waals surface area contributed by atoms with E-state index in [1.54, 1.807) is 25.4 Å². The summed E-state index contributed by atoms with van der Waals surface area (Å²) < 4.78 is 25.3. The lowest BCUT2D eigenvalue weighted by Crippen LogP contribution is -2.54. The Morgan fingerprint density at radius 3 is 2.37 bits per heavy atom. The van der Waals surface area contributed by atoms with Crippen molar-refractivity contribution in [3.63, 3.8) is 0 Å². The maximum Gasteiger partial charge on any atom is 0.229 e. The molecule has 0 bridgehead atoms. The molecule has 0 saturated heterocycles. The van der Waals surface area contributed by atoms with Gasteiger partial charge in [-0.25, -0.2) is 19.3 Å². The summed E-state index contributed by atoms with van der Waals surface area (Å²) in [5.41, 5.74) is 1.10. The summed E-state index contributed by atoms with van der Waals surface area (Å²) in [5, 5.41) is 11.0. The molecular formula is C35H46FN6O3S. The molecule has 0 spiro atoms. The van der Waals surface area contributed by atoms with Gasteiger partial charge in [0.25, 0.3) is 0 Å². The maximum atomic E-state index is 13.4. The molecule has 2 aromatic carbocycles. The van der Waals surface area contributed by atoms with Crippen molar-refractivity contribution < 1.29 is 18.7 Å². The number of halogens is 1. The van der Waals surface area contributed by atoms with Crippen molar-refractivity contribution in [2.45, 2.75) is 73.8 Å². The van der Waals surface area contributed by atoms with Crippen molar-refractivity contribution in [1.82, 2.24) is 20.3 Å². The van der Waals surface area contributed by atoms with Gasteiger partial charge in [-0.3, -0.25) is 4.79 Å². The molecule has 1 amide bonds. The molecule has 247 valence electrons. The van der Waals surface area contributed by atoms with E-state index < -0.39 is 5.82 Å². The lowest BCUT2D eigenvalue weighted by molar-refractivity contribution is -0.115. The minimum Gasteiger partial charge on any atom is -0.493 e. The second kappa shape index (κ2) is 14.3. The van der Waals surface area contributed by atoms with Gasteiger partial charge < -0.3 is 25.4 Å². The second-order valence-corrected chi connectivity index (χ2v) is 15.0. The predicted molar refractivity (Wildman–Crippen MR) is 185 cm³/mol. The third-order valence-electron chi connectivity index (χ3n) is 7.41. The average molecular weight is 650 g/mol. The van der Waals surface area contributed by atoms with Gasteiger partial charge in [-0.05, 0) is 61.9 Å². The molecule has 0 aliphatic heterocycles. The summed E-state index contributed by atoms with van der Waals surface area (Å²) >= 11 is 1.33. The molecule has 1 radical (unpaired) electrons. The van der Waals surface area contributed by atoms with Crippen LogP contribution in [0.1, 0.15) is 66.7 Å². The van der Waals surface area contributed by atoms with Gasteiger partial charge >= 0.3 is 0 Å². The Bertz CT molecular complexity index is 1630. The Balaban J connectivity index is 1.37. The molecular weight excluding hydrogens is 603 g/mol. The van der Waals surface area contributed by atoms with Gasteiger partial charge in [-0.1, -0.05) is 47.6 Å². The van der Waals surface area contributed by atoms with Crippen LogP contribution >= 0.6 is 11.3 Å². The van der Waals surface area contributed by atoms with Gasteiger partial charge in [0.1, 0.15) is 18.0 Å². The number of ether oxygens (including phenoxy) is 2. The number of anilines is 3. The van der Waals surface area contributed by atoms with Gasteiger partial charge in [0, 0.05) is 39.7 Å². The first-order chi connectivity index (χ1) is 21.6. The SMILES string of the molecule is COc1cc2c(Nc3ncc(CC(=O)Nc4cccc(F)c4)s3)ncnc2cc1OCCCNC(C)(C)[C](C(C)(C)C)C(C)(C)C. The first kappa shape index (κ1) is 35.0. The Morgan fingerprint density at radius 2 is 1.70 bits per heavy atom. The normalized spacial score (nSPS) is 12.4. The highest BCUT2D eigenvalue weighted by molar-refractivity contribution is 7.15. The van der Waals surface area contributed by atoms with E-state index in [9.17, 15) is 9.18 Å². The molecule has 9 nitrogen and oxygen atoms in total. The zero-order valence-corrected chi connectivity index (χ0v) is 29.1. The minimum atomic E-state index is -0.411. The van der Waals surface area contributed by atoms with Gasteiger partial charge in [-0.2, -0.15) is 0 Å². The van der Waals surface area contributed by atoms with E-state index in [1.807, 2.05) is 12.1 Å². The molecule has 46 heavy (non-hydrogen) atoms. The quantitative estimate of drug-likeness (QED) is 0.125. The zero-order valence-electron chi connectivity index (χ0n) is 28.3. The van der Waals surface area contributed by atoms with E-state index in [4.69, 9.17) is 9.47 Å². The Kier molecular flexibility index (Phi) is 10.9. The van der Waals surface area contributed by atoms with E-state index in [0.29, 0.717) is 40.3 Å². The molecule has 2 aromatic heterocycles. The molecule has 0 saturated carbocycles. The minimum absolute atomic E-state index is 0.0724. The van der Waals surface area contributed by atoms with E-state index in [1.165, 1.54) is 35.7 Å². The number of methoxy groups -OCH3 is 1.